The van der Waals surface area contributed by atoms with Crippen LogP contribution in [0.5, 0.6) is 0 Å². The number of aliphatic hydroxyl groups excluding tert-OH is 1. The molecular formula is C7H14N2O. The zero-order valence-electron chi connectivity index (χ0n) is 6.32. The fraction of sp³-hybridized carbons (Fsp3) is 1.00. The van der Waals surface area contributed by atoms with Crippen molar-refractivity contribution in [1.29, 1.82) is 0 Å². The maximum Gasteiger partial charge on any atom is 0.0558 e. The quantitative estimate of drug-likeness (QED) is 0.534. The molecule has 10 heavy (non-hydrogen) atoms. The van der Waals surface area contributed by atoms with E-state index in [0.29, 0.717) is 6.61 Å². The zero-order valence-corrected chi connectivity index (χ0v) is 6.32. The van der Waals surface area contributed by atoms with Crippen LogP contribution in [0.25, 0.3) is 0 Å². The van der Waals surface area contributed by atoms with E-state index < -0.39 is 0 Å². The standard InChI is InChI=1S/C7H14N2O/c1-8-4-7-6(8)5-9(7)2-3-10/h6-7,10H,2-5H2,1H3/t6-,7?/m1/s1. The predicted molar refractivity (Wildman–Crippen MR) is 38.9 cm³/mol. The van der Waals surface area contributed by atoms with Gasteiger partial charge in [0.15, 0.2) is 0 Å². The number of β-amino-alcohol motifs (C(OH)–C–C–N with tert-alkyl or cyclic N) is 1. The molecule has 0 aromatic carbocycles. The van der Waals surface area contributed by atoms with E-state index in [2.05, 4.69) is 16.8 Å². The van der Waals surface area contributed by atoms with Gasteiger partial charge in [-0.05, 0) is 7.05 Å². The van der Waals surface area contributed by atoms with Gasteiger partial charge in [-0.15, -0.1) is 0 Å². The van der Waals surface area contributed by atoms with Crippen LogP contribution in [0.4, 0.5) is 0 Å². The largest absolute Gasteiger partial charge is 0.395 e. The van der Waals surface area contributed by atoms with Crippen molar-refractivity contribution in [2.75, 3.05) is 33.3 Å². The van der Waals surface area contributed by atoms with Gasteiger partial charge in [-0.25, -0.2) is 0 Å². The molecule has 0 spiro atoms. The molecule has 0 radical (unpaired) electrons. The van der Waals surface area contributed by atoms with Crippen LogP contribution in [0.15, 0.2) is 0 Å². The van der Waals surface area contributed by atoms with Crippen LogP contribution in [0.3, 0.4) is 0 Å². The average Bonchev–Trinajstić information content (AvgIpc) is 1.92. The third-order valence-corrected chi connectivity index (χ3v) is 2.76. The van der Waals surface area contributed by atoms with Gasteiger partial charge in [-0.3, -0.25) is 9.80 Å². The van der Waals surface area contributed by atoms with Gasteiger partial charge in [0, 0.05) is 31.7 Å². The average molecular weight is 142 g/mol. The Hall–Kier alpha value is -0.120. The minimum absolute atomic E-state index is 0.312. The van der Waals surface area contributed by atoms with Crippen molar-refractivity contribution >= 4 is 0 Å². The molecule has 2 aliphatic heterocycles. The summed E-state index contributed by atoms with van der Waals surface area (Å²) in [5.41, 5.74) is 0. The molecule has 0 aromatic rings. The Morgan fingerprint density at radius 2 is 2.20 bits per heavy atom. The summed E-state index contributed by atoms with van der Waals surface area (Å²) in [6.07, 6.45) is 0. The summed E-state index contributed by atoms with van der Waals surface area (Å²) in [4.78, 5) is 4.73. The molecular weight excluding hydrogens is 128 g/mol. The number of fused-ring (bicyclic) bond motifs is 1. The molecule has 0 bridgehead atoms. The molecule has 0 amide bonds. The Balaban J connectivity index is 1.78. The fourth-order valence-electron chi connectivity index (χ4n) is 1.95. The molecule has 1 N–H and O–H groups in total. The number of nitrogens with zero attached hydrogens (tertiary/aromatic N) is 2. The lowest BCUT2D eigenvalue weighted by molar-refractivity contribution is -0.114. The Kier molecular flexibility index (Phi) is 1.44. The van der Waals surface area contributed by atoms with Crippen molar-refractivity contribution in [2.24, 2.45) is 0 Å². The van der Waals surface area contributed by atoms with E-state index in [4.69, 9.17) is 5.11 Å². The van der Waals surface area contributed by atoms with Crippen LogP contribution in [-0.2, 0) is 0 Å². The van der Waals surface area contributed by atoms with E-state index in [0.717, 1.165) is 18.6 Å². The molecule has 2 saturated heterocycles. The van der Waals surface area contributed by atoms with Crippen molar-refractivity contribution in [2.45, 2.75) is 12.1 Å². The van der Waals surface area contributed by atoms with Gasteiger partial charge in [0.1, 0.15) is 0 Å². The zero-order chi connectivity index (χ0) is 7.14. The summed E-state index contributed by atoms with van der Waals surface area (Å²) in [7, 11) is 2.16. The van der Waals surface area contributed by atoms with Crippen LogP contribution in [0.1, 0.15) is 0 Å². The summed E-state index contributed by atoms with van der Waals surface area (Å²) in [6.45, 7) is 3.55. The maximum atomic E-state index is 8.64. The lowest BCUT2D eigenvalue weighted by atomic mass is 9.86. The van der Waals surface area contributed by atoms with Crippen LogP contribution >= 0.6 is 0 Å². The first kappa shape index (κ1) is 6.58. The third kappa shape index (κ3) is 0.713. The molecule has 3 nitrogen and oxygen atoms in total. The molecule has 0 saturated carbocycles. The number of piperazine rings is 1. The van der Waals surface area contributed by atoms with Crippen molar-refractivity contribution in [3.05, 3.63) is 0 Å². The Morgan fingerprint density at radius 3 is 2.60 bits per heavy atom. The Morgan fingerprint density at radius 1 is 1.40 bits per heavy atom. The van der Waals surface area contributed by atoms with Crippen LogP contribution in [0, 0.1) is 0 Å². The summed E-state index contributed by atoms with van der Waals surface area (Å²) in [5.74, 6) is 0. The Bertz CT molecular complexity index is 138. The summed E-state index contributed by atoms with van der Waals surface area (Å²) in [5, 5.41) is 8.64. The molecule has 2 aliphatic rings. The first-order valence-electron chi connectivity index (χ1n) is 3.88. The van der Waals surface area contributed by atoms with Crippen molar-refractivity contribution in [1.82, 2.24) is 9.80 Å². The SMILES string of the molecule is CN1CC2[C@H]1CN2CCO. The topological polar surface area (TPSA) is 26.7 Å². The number of hydrogen-bond acceptors (Lipinski definition) is 3. The highest BCUT2D eigenvalue weighted by Crippen LogP contribution is 2.30. The molecule has 2 rings (SSSR count). The van der Waals surface area contributed by atoms with Crippen LogP contribution < -0.4 is 0 Å². The lowest BCUT2D eigenvalue weighted by Crippen LogP contribution is -2.77. The van der Waals surface area contributed by atoms with Gasteiger partial charge < -0.3 is 5.11 Å². The molecule has 2 fully saturated rings. The van der Waals surface area contributed by atoms with Gasteiger partial charge in [-0.2, -0.15) is 0 Å². The van der Waals surface area contributed by atoms with E-state index in [9.17, 15) is 0 Å². The number of aliphatic hydroxyl groups is 1. The first-order valence-corrected chi connectivity index (χ1v) is 3.88. The number of likely N-dealkylation sites (tertiary alicyclic amines) is 2. The van der Waals surface area contributed by atoms with E-state index in [-0.39, 0.29) is 0 Å². The van der Waals surface area contributed by atoms with Gasteiger partial charge in [0.25, 0.3) is 0 Å². The lowest BCUT2D eigenvalue weighted by Gasteiger charge is -2.61. The van der Waals surface area contributed by atoms with Crippen LogP contribution in [0.2, 0.25) is 0 Å². The number of rotatable bonds is 2. The molecule has 2 atom stereocenters. The van der Waals surface area contributed by atoms with E-state index in [1.807, 2.05) is 0 Å². The highest BCUT2D eigenvalue weighted by atomic mass is 16.3. The van der Waals surface area contributed by atoms with Gasteiger partial charge in [-0.1, -0.05) is 0 Å². The summed E-state index contributed by atoms with van der Waals surface area (Å²) >= 11 is 0. The second-order valence-corrected chi connectivity index (χ2v) is 3.29. The van der Waals surface area contributed by atoms with Crippen molar-refractivity contribution < 1.29 is 5.11 Å². The molecule has 58 valence electrons. The van der Waals surface area contributed by atoms with Gasteiger partial charge in [0.05, 0.1) is 6.61 Å². The second-order valence-electron chi connectivity index (χ2n) is 3.29. The van der Waals surface area contributed by atoms with E-state index in [1.54, 1.807) is 0 Å². The van der Waals surface area contributed by atoms with Crippen LogP contribution in [-0.4, -0.2) is 60.3 Å². The Labute approximate surface area is 61.2 Å². The molecule has 2 heterocycles. The summed E-state index contributed by atoms with van der Waals surface area (Å²) in [6, 6.07) is 1.59. The molecule has 0 aliphatic carbocycles. The van der Waals surface area contributed by atoms with Crippen molar-refractivity contribution in [3.8, 4) is 0 Å². The monoisotopic (exact) mass is 142 g/mol. The van der Waals surface area contributed by atoms with E-state index in [1.165, 1.54) is 13.1 Å². The number of likely N-dealkylation sites (N-methyl/N-ethyl adjacent to an activating group) is 1. The predicted octanol–water partition coefficient (Wildman–Crippen LogP) is -1.02. The smallest absolute Gasteiger partial charge is 0.0558 e. The highest BCUT2D eigenvalue weighted by Gasteiger charge is 2.48. The maximum absolute atomic E-state index is 8.64. The highest BCUT2D eigenvalue weighted by molar-refractivity contribution is 5.06. The molecule has 0 aromatic heterocycles. The van der Waals surface area contributed by atoms with Gasteiger partial charge >= 0.3 is 0 Å². The second kappa shape index (κ2) is 2.19. The summed E-state index contributed by atoms with van der Waals surface area (Å²) < 4.78 is 0. The molecule has 3 heteroatoms. The van der Waals surface area contributed by atoms with Crippen molar-refractivity contribution in [3.63, 3.8) is 0 Å². The van der Waals surface area contributed by atoms with Gasteiger partial charge in [0.2, 0.25) is 0 Å². The third-order valence-electron chi connectivity index (χ3n) is 2.76. The molecule has 1 unspecified atom stereocenters. The fourth-order valence-corrected chi connectivity index (χ4v) is 1.95. The minimum atomic E-state index is 0.312. The minimum Gasteiger partial charge on any atom is -0.395 e. The van der Waals surface area contributed by atoms with E-state index >= 15 is 0 Å². The normalized spacial score (nSPS) is 40.2. The number of hydrogen-bond donors (Lipinski definition) is 1. The first-order chi connectivity index (χ1) is 4.83.